The molecule has 1 amide bonds. The molecule has 1 rings (SSSR count). The molecule has 2 heteroatoms. The fourth-order valence-corrected chi connectivity index (χ4v) is 1.15. The van der Waals surface area contributed by atoms with E-state index in [9.17, 15) is 4.79 Å². The van der Waals surface area contributed by atoms with Crippen molar-refractivity contribution in [2.45, 2.75) is 20.3 Å². The number of carbonyl (C=O) groups is 1. The van der Waals surface area contributed by atoms with Gasteiger partial charge in [-0.1, -0.05) is 24.6 Å². The molecule has 0 saturated carbocycles. The second-order valence-corrected chi connectivity index (χ2v) is 3.14. The topological polar surface area (TPSA) is 20.3 Å². The zero-order valence-electron chi connectivity index (χ0n) is 8.37. The Morgan fingerprint density at radius 1 is 1.31 bits per heavy atom. The monoisotopic (exact) mass is 177 g/mol. The third-order valence-corrected chi connectivity index (χ3v) is 2.10. The number of hydrogen-bond acceptors (Lipinski definition) is 1. The van der Waals surface area contributed by atoms with Crippen molar-refractivity contribution in [1.29, 1.82) is 0 Å². The van der Waals surface area contributed by atoms with Crippen molar-refractivity contribution in [2.24, 2.45) is 0 Å². The fraction of sp³-hybridized carbons (Fsp3) is 0.364. The highest BCUT2D eigenvalue weighted by Crippen LogP contribution is 2.13. The molecule has 0 unspecified atom stereocenters. The molecular formula is C11H15NO. The van der Waals surface area contributed by atoms with Crippen molar-refractivity contribution in [3.8, 4) is 0 Å². The maximum Gasteiger partial charge on any atom is 0.226 e. The van der Waals surface area contributed by atoms with Crippen LogP contribution < -0.4 is 4.90 Å². The summed E-state index contributed by atoms with van der Waals surface area (Å²) in [6.07, 6.45) is 0.546. The summed E-state index contributed by atoms with van der Waals surface area (Å²) in [7, 11) is 1.80. The average Bonchev–Trinajstić information content (AvgIpc) is 2.17. The van der Waals surface area contributed by atoms with Crippen molar-refractivity contribution in [2.75, 3.05) is 11.9 Å². The first-order valence-electron chi connectivity index (χ1n) is 4.48. The number of rotatable bonds is 2. The van der Waals surface area contributed by atoms with Crippen LogP contribution in [0.5, 0.6) is 0 Å². The van der Waals surface area contributed by atoms with E-state index in [1.807, 2.05) is 38.1 Å². The third kappa shape index (κ3) is 2.31. The zero-order chi connectivity index (χ0) is 9.84. The van der Waals surface area contributed by atoms with Crippen LogP contribution in [0.2, 0.25) is 0 Å². The lowest BCUT2D eigenvalue weighted by atomic mass is 10.2. The first-order valence-corrected chi connectivity index (χ1v) is 4.48. The van der Waals surface area contributed by atoms with E-state index in [1.54, 1.807) is 11.9 Å². The van der Waals surface area contributed by atoms with Crippen LogP contribution in [0.4, 0.5) is 5.69 Å². The van der Waals surface area contributed by atoms with E-state index in [2.05, 4.69) is 0 Å². The standard InChI is InChI=1S/C11H15NO/c1-4-11(13)12(3)10-7-5-9(2)6-8-10/h5-8H,4H2,1-3H3. The van der Waals surface area contributed by atoms with Gasteiger partial charge in [0.05, 0.1) is 0 Å². The maximum absolute atomic E-state index is 11.3. The molecule has 0 aliphatic rings. The summed E-state index contributed by atoms with van der Waals surface area (Å²) in [5, 5.41) is 0. The van der Waals surface area contributed by atoms with Crippen molar-refractivity contribution in [3.63, 3.8) is 0 Å². The molecule has 1 aromatic carbocycles. The molecule has 0 N–H and O–H groups in total. The largest absolute Gasteiger partial charge is 0.316 e. The lowest BCUT2D eigenvalue weighted by Crippen LogP contribution is -2.24. The average molecular weight is 177 g/mol. The molecule has 0 saturated heterocycles. The van der Waals surface area contributed by atoms with E-state index in [0.717, 1.165) is 5.69 Å². The molecule has 0 atom stereocenters. The van der Waals surface area contributed by atoms with Crippen LogP contribution in [0.25, 0.3) is 0 Å². The molecule has 70 valence electrons. The van der Waals surface area contributed by atoms with Gasteiger partial charge in [0.15, 0.2) is 0 Å². The van der Waals surface area contributed by atoms with Crippen LogP contribution in [-0.2, 0) is 4.79 Å². The summed E-state index contributed by atoms with van der Waals surface area (Å²) in [6.45, 7) is 3.90. The second-order valence-electron chi connectivity index (χ2n) is 3.14. The zero-order valence-corrected chi connectivity index (χ0v) is 8.37. The predicted octanol–water partition coefficient (Wildman–Crippen LogP) is 2.37. The van der Waals surface area contributed by atoms with Gasteiger partial charge < -0.3 is 4.90 Å². The number of benzene rings is 1. The smallest absolute Gasteiger partial charge is 0.226 e. The maximum atomic E-state index is 11.3. The number of carbonyl (C=O) groups excluding carboxylic acids is 1. The van der Waals surface area contributed by atoms with Gasteiger partial charge in [-0.2, -0.15) is 0 Å². The van der Waals surface area contributed by atoms with Crippen LogP contribution in [-0.4, -0.2) is 13.0 Å². The molecule has 0 spiro atoms. The minimum atomic E-state index is 0.142. The van der Waals surface area contributed by atoms with E-state index >= 15 is 0 Å². The van der Waals surface area contributed by atoms with Crippen molar-refractivity contribution < 1.29 is 4.79 Å². The van der Waals surface area contributed by atoms with Gasteiger partial charge in [-0.3, -0.25) is 4.79 Å². The lowest BCUT2D eigenvalue weighted by Gasteiger charge is -2.16. The van der Waals surface area contributed by atoms with E-state index in [4.69, 9.17) is 0 Å². The number of nitrogens with zero attached hydrogens (tertiary/aromatic N) is 1. The normalized spacial score (nSPS) is 9.77. The molecule has 0 heterocycles. The first-order chi connectivity index (χ1) is 6.15. The second kappa shape index (κ2) is 4.08. The minimum absolute atomic E-state index is 0.142. The minimum Gasteiger partial charge on any atom is -0.316 e. The molecule has 1 aromatic rings. The van der Waals surface area contributed by atoms with Crippen LogP contribution in [0.15, 0.2) is 24.3 Å². The SMILES string of the molecule is CCC(=O)N(C)c1ccc(C)cc1. The van der Waals surface area contributed by atoms with Gasteiger partial charge in [-0.05, 0) is 19.1 Å². The number of anilines is 1. The fourth-order valence-electron chi connectivity index (χ4n) is 1.15. The molecule has 0 aromatic heterocycles. The molecule has 0 bridgehead atoms. The summed E-state index contributed by atoms with van der Waals surface area (Å²) in [6, 6.07) is 7.94. The number of amides is 1. The summed E-state index contributed by atoms with van der Waals surface area (Å²) in [5.74, 6) is 0.142. The van der Waals surface area contributed by atoms with Gasteiger partial charge in [0.2, 0.25) is 5.91 Å². The molecule has 2 nitrogen and oxygen atoms in total. The van der Waals surface area contributed by atoms with E-state index < -0.39 is 0 Å². The van der Waals surface area contributed by atoms with E-state index in [0.29, 0.717) is 6.42 Å². The Balaban J connectivity index is 2.83. The third-order valence-electron chi connectivity index (χ3n) is 2.10. The Kier molecular flexibility index (Phi) is 3.07. The molecule has 13 heavy (non-hydrogen) atoms. The van der Waals surface area contributed by atoms with Gasteiger partial charge in [0, 0.05) is 19.2 Å². The van der Waals surface area contributed by atoms with Crippen molar-refractivity contribution >= 4 is 11.6 Å². The van der Waals surface area contributed by atoms with Gasteiger partial charge in [0.1, 0.15) is 0 Å². The van der Waals surface area contributed by atoms with E-state index in [1.165, 1.54) is 5.56 Å². The van der Waals surface area contributed by atoms with Crippen LogP contribution >= 0.6 is 0 Å². The van der Waals surface area contributed by atoms with Crippen molar-refractivity contribution in [1.82, 2.24) is 0 Å². The van der Waals surface area contributed by atoms with Gasteiger partial charge in [-0.25, -0.2) is 0 Å². The summed E-state index contributed by atoms with van der Waals surface area (Å²) in [5.41, 5.74) is 2.17. The van der Waals surface area contributed by atoms with Crippen molar-refractivity contribution in [3.05, 3.63) is 29.8 Å². The Morgan fingerprint density at radius 3 is 2.31 bits per heavy atom. The summed E-state index contributed by atoms with van der Waals surface area (Å²) < 4.78 is 0. The highest BCUT2D eigenvalue weighted by Gasteiger charge is 2.06. The van der Waals surface area contributed by atoms with Crippen LogP contribution in [0.3, 0.4) is 0 Å². The van der Waals surface area contributed by atoms with Crippen LogP contribution in [0.1, 0.15) is 18.9 Å². The molecular weight excluding hydrogens is 162 g/mol. The predicted molar refractivity (Wildman–Crippen MR) is 54.9 cm³/mol. The Morgan fingerprint density at radius 2 is 1.85 bits per heavy atom. The Hall–Kier alpha value is -1.31. The number of aryl methyl sites for hydroxylation is 1. The highest BCUT2D eigenvalue weighted by atomic mass is 16.2. The number of hydrogen-bond donors (Lipinski definition) is 0. The first kappa shape index (κ1) is 9.78. The summed E-state index contributed by atoms with van der Waals surface area (Å²) >= 11 is 0. The quantitative estimate of drug-likeness (QED) is 0.679. The highest BCUT2D eigenvalue weighted by molar-refractivity contribution is 5.92. The molecule has 0 aliphatic heterocycles. The van der Waals surface area contributed by atoms with Gasteiger partial charge in [0.25, 0.3) is 0 Å². The Bertz CT molecular complexity index is 289. The Labute approximate surface area is 79.2 Å². The lowest BCUT2D eigenvalue weighted by molar-refractivity contribution is -0.118. The summed E-state index contributed by atoms with van der Waals surface area (Å²) in [4.78, 5) is 13.0. The molecule has 0 fully saturated rings. The van der Waals surface area contributed by atoms with Gasteiger partial charge >= 0.3 is 0 Å². The molecule has 0 aliphatic carbocycles. The van der Waals surface area contributed by atoms with Crippen LogP contribution in [0, 0.1) is 6.92 Å². The van der Waals surface area contributed by atoms with Gasteiger partial charge in [-0.15, -0.1) is 0 Å². The van der Waals surface area contributed by atoms with E-state index in [-0.39, 0.29) is 5.91 Å². The molecule has 0 radical (unpaired) electrons.